The second-order valence-electron chi connectivity index (χ2n) is 5.60. The van der Waals surface area contributed by atoms with Gasteiger partial charge < -0.3 is 15.2 Å². The molecule has 1 amide bonds. The number of amides is 1. The molecule has 0 radical (unpaired) electrons. The summed E-state index contributed by atoms with van der Waals surface area (Å²) in [5.41, 5.74) is -0.725. The Balaban J connectivity index is 1.89. The van der Waals surface area contributed by atoms with Gasteiger partial charge in [0.15, 0.2) is 0 Å². The summed E-state index contributed by atoms with van der Waals surface area (Å²) < 4.78 is 43.3. The summed E-state index contributed by atoms with van der Waals surface area (Å²) in [6.07, 6.45) is -5.15. The summed E-state index contributed by atoms with van der Waals surface area (Å²) in [4.78, 5) is 22.7. The topological polar surface area (TPSA) is 75.6 Å². The molecule has 0 aliphatic heterocycles. The van der Waals surface area contributed by atoms with E-state index in [1.807, 2.05) is 18.2 Å². The Morgan fingerprint density at radius 2 is 1.82 bits per heavy atom. The van der Waals surface area contributed by atoms with Gasteiger partial charge in [0.25, 0.3) is 0 Å². The van der Waals surface area contributed by atoms with E-state index in [1.54, 1.807) is 12.1 Å². The van der Waals surface area contributed by atoms with E-state index in [4.69, 9.17) is 9.84 Å². The van der Waals surface area contributed by atoms with Crippen molar-refractivity contribution in [1.29, 1.82) is 0 Å². The molecule has 0 heterocycles. The summed E-state index contributed by atoms with van der Waals surface area (Å²) in [6.45, 7) is 0.201. The maximum atomic E-state index is 12.8. The molecule has 0 atom stereocenters. The number of carbonyl (C=O) groups is 2. The molecule has 8 heteroatoms. The first-order valence-electron chi connectivity index (χ1n) is 8.15. The van der Waals surface area contributed by atoms with Crippen molar-refractivity contribution in [2.45, 2.75) is 19.2 Å². The fraction of sp³-hybridized carbons (Fsp3) is 0.200. The smallest absolute Gasteiger partial charge is 0.416 e. The maximum Gasteiger partial charge on any atom is 0.416 e. The first-order valence-corrected chi connectivity index (χ1v) is 8.15. The molecule has 0 saturated carbocycles. The number of hydrogen-bond acceptors (Lipinski definition) is 3. The Kier molecular flexibility index (Phi) is 7.04. The van der Waals surface area contributed by atoms with E-state index in [-0.39, 0.29) is 30.7 Å². The number of alkyl halides is 3. The normalized spacial score (nSPS) is 10.5. The summed E-state index contributed by atoms with van der Waals surface area (Å²) in [5.74, 6) is 3.60. The molecule has 0 aliphatic rings. The predicted molar refractivity (Wildman–Crippen MR) is 94.5 cm³/mol. The lowest BCUT2D eigenvalue weighted by Crippen LogP contribution is -2.24. The van der Waals surface area contributed by atoms with Gasteiger partial charge in [0.05, 0.1) is 11.1 Å². The number of carboxylic acids is 1. The minimum absolute atomic E-state index is 0.0992. The van der Waals surface area contributed by atoms with Gasteiger partial charge in [-0.25, -0.2) is 9.59 Å². The Hall–Kier alpha value is -3.47. The second-order valence-corrected chi connectivity index (χ2v) is 5.60. The van der Waals surface area contributed by atoms with Gasteiger partial charge in [-0.3, -0.25) is 0 Å². The molecule has 0 aliphatic carbocycles. The molecule has 0 fully saturated rings. The Morgan fingerprint density at radius 1 is 1.11 bits per heavy atom. The standard InChI is InChI=1S/C20H16F3NO4/c21-20(22,23)16-9-10-17(18(25)26)15(12-16)8-4-5-11-24-19(27)28-13-14-6-2-1-3-7-14/h1-3,6-7,9-10,12H,5,11,13H2,(H,24,27)(H,25,26). The van der Waals surface area contributed by atoms with Crippen molar-refractivity contribution in [3.63, 3.8) is 0 Å². The minimum atomic E-state index is -4.60. The molecule has 0 spiro atoms. The molecule has 2 aromatic rings. The highest BCUT2D eigenvalue weighted by Gasteiger charge is 2.31. The van der Waals surface area contributed by atoms with E-state index >= 15 is 0 Å². The van der Waals surface area contributed by atoms with Crippen molar-refractivity contribution in [2.24, 2.45) is 0 Å². The van der Waals surface area contributed by atoms with Gasteiger partial charge in [0, 0.05) is 18.5 Å². The zero-order valence-electron chi connectivity index (χ0n) is 14.5. The summed E-state index contributed by atoms with van der Waals surface area (Å²) in [6, 6.07) is 11.3. The molecule has 146 valence electrons. The van der Waals surface area contributed by atoms with Gasteiger partial charge in [-0.15, -0.1) is 0 Å². The van der Waals surface area contributed by atoms with E-state index in [9.17, 15) is 22.8 Å². The fourth-order valence-electron chi connectivity index (χ4n) is 2.17. The van der Waals surface area contributed by atoms with Gasteiger partial charge in [-0.1, -0.05) is 42.2 Å². The van der Waals surface area contributed by atoms with Crippen LogP contribution in [0, 0.1) is 11.8 Å². The van der Waals surface area contributed by atoms with Crippen molar-refractivity contribution in [2.75, 3.05) is 6.54 Å². The zero-order valence-corrected chi connectivity index (χ0v) is 14.5. The molecule has 5 nitrogen and oxygen atoms in total. The fourth-order valence-corrected chi connectivity index (χ4v) is 2.17. The Bertz CT molecular complexity index is 899. The summed E-state index contributed by atoms with van der Waals surface area (Å²) in [5, 5.41) is 11.5. The SMILES string of the molecule is O=C(NCCC#Cc1cc(C(F)(F)F)ccc1C(=O)O)OCc1ccccc1. The molecular formula is C20H16F3NO4. The Morgan fingerprint density at radius 3 is 2.46 bits per heavy atom. The summed E-state index contributed by atoms with van der Waals surface area (Å²) in [7, 11) is 0. The van der Waals surface area contributed by atoms with Crippen molar-refractivity contribution in [3.8, 4) is 11.8 Å². The number of benzene rings is 2. The molecule has 0 bridgehead atoms. The van der Waals surface area contributed by atoms with Crippen LogP contribution in [0.5, 0.6) is 0 Å². The van der Waals surface area contributed by atoms with Crippen LogP contribution in [0.4, 0.5) is 18.0 Å². The van der Waals surface area contributed by atoms with E-state index < -0.39 is 23.8 Å². The van der Waals surface area contributed by atoms with E-state index in [2.05, 4.69) is 17.2 Å². The van der Waals surface area contributed by atoms with Crippen LogP contribution in [-0.2, 0) is 17.5 Å². The van der Waals surface area contributed by atoms with Crippen LogP contribution in [0.3, 0.4) is 0 Å². The van der Waals surface area contributed by atoms with Gasteiger partial charge >= 0.3 is 18.2 Å². The van der Waals surface area contributed by atoms with Crippen molar-refractivity contribution < 1.29 is 32.6 Å². The highest BCUT2D eigenvalue weighted by molar-refractivity contribution is 5.90. The molecule has 0 saturated heterocycles. The minimum Gasteiger partial charge on any atom is -0.478 e. The molecule has 2 aromatic carbocycles. The molecule has 0 aromatic heterocycles. The van der Waals surface area contributed by atoms with Crippen molar-refractivity contribution >= 4 is 12.1 Å². The predicted octanol–water partition coefficient (Wildman–Crippen LogP) is 4.07. The third-order valence-corrected chi connectivity index (χ3v) is 3.53. The van der Waals surface area contributed by atoms with Gasteiger partial charge in [-0.2, -0.15) is 13.2 Å². The van der Waals surface area contributed by atoms with Crippen LogP contribution in [0.15, 0.2) is 48.5 Å². The third kappa shape index (κ3) is 6.36. The molecular weight excluding hydrogens is 375 g/mol. The van der Waals surface area contributed by atoms with Crippen LogP contribution >= 0.6 is 0 Å². The third-order valence-electron chi connectivity index (χ3n) is 3.53. The van der Waals surface area contributed by atoms with Crippen LogP contribution in [0.1, 0.15) is 33.5 Å². The summed E-state index contributed by atoms with van der Waals surface area (Å²) >= 11 is 0. The van der Waals surface area contributed by atoms with Gasteiger partial charge in [0.1, 0.15) is 6.61 Å². The number of carboxylic acid groups (broad SMARTS) is 1. The van der Waals surface area contributed by atoms with Gasteiger partial charge in [-0.05, 0) is 23.8 Å². The molecule has 28 heavy (non-hydrogen) atoms. The molecule has 0 unspecified atom stereocenters. The van der Waals surface area contributed by atoms with Crippen LogP contribution in [0.25, 0.3) is 0 Å². The van der Waals surface area contributed by atoms with E-state index in [0.717, 1.165) is 11.6 Å². The number of rotatable bonds is 5. The monoisotopic (exact) mass is 391 g/mol. The average Bonchev–Trinajstić information content (AvgIpc) is 2.66. The second kappa shape index (κ2) is 9.46. The number of halogens is 3. The first kappa shape index (κ1) is 20.8. The van der Waals surface area contributed by atoms with Crippen LogP contribution < -0.4 is 5.32 Å². The first-order chi connectivity index (χ1) is 13.3. The number of aromatic carboxylic acids is 1. The van der Waals surface area contributed by atoms with E-state index in [0.29, 0.717) is 12.1 Å². The average molecular weight is 391 g/mol. The van der Waals surface area contributed by atoms with Gasteiger partial charge in [0.2, 0.25) is 0 Å². The highest BCUT2D eigenvalue weighted by atomic mass is 19.4. The maximum absolute atomic E-state index is 12.8. The lowest BCUT2D eigenvalue weighted by Gasteiger charge is -2.08. The van der Waals surface area contributed by atoms with Crippen molar-refractivity contribution in [3.05, 3.63) is 70.8 Å². The highest BCUT2D eigenvalue weighted by Crippen LogP contribution is 2.30. The number of alkyl carbamates (subject to hydrolysis) is 1. The van der Waals surface area contributed by atoms with E-state index in [1.165, 1.54) is 0 Å². The largest absolute Gasteiger partial charge is 0.478 e. The number of carbonyl (C=O) groups excluding carboxylic acids is 1. The quantitative estimate of drug-likeness (QED) is 0.595. The van der Waals surface area contributed by atoms with Crippen molar-refractivity contribution in [1.82, 2.24) is 5.32 Å². The lowest BCUT2D eigenvalue weighted by atomic mass is 10.0. The Labute approximate surface area is 159 Å². The van der Waals surface area contributed by atoms with Crippen LogP contribution in [0.2, 0.25) is 0 Å². The van der Waals surface area contributed by atoms with Crippen LogP contribution in [-0.4, -0.2) is 23.7 Å². The molecule has 2 rings (SSSR count). The lowest BCUT2D eigenvalue weighted by molar-refractivity contribution is -0.137. The number of hydrogen-bond donors (Lipinski definition) is 2. The molecule has 2 N–H and O–H groups in total. The zero-order chi connectivity index (χ0) is 20.6. The number of nitrogens with one attached hydrogen (secondary N) is 1. The number of ether oxygens (including phenoxy) is 1.